The van der Waals surface area contributed by atoms with E-state index in [4.69, 9.17) is 0 Å². The van der Waals surface area contributed by atoms with Crippen molar-refractivity contribution in [3.63, 3.8) is 0 Å². The second kappa shape index (κ2) is 5.85. The smallest absolute Gasteiger partial charge is 0.380 e. The molecule has 2 rings (SSSR count). The van der Waals surface area contributed by atoms with Crippen molar-refractivity contribution in [3.8, 4) is 0 Å². The lowest BCUT2D eigenvalue weighted by Gasteiger charge is -2.11. The van der Waals surface area contributed by atoms with Crippen LogP contribution in [0, 0.1) is 0 Å². The van der Waals surface area contributed by atoms with Gasteiger partial charge in [0.25, 0.3) is 0 Å². The van der Waals surface area contributed by atoms with E-state index >= 15 is 0 Å². The Balaban J connectivity index is 2.14. The van der Waals surface area contributed by atoms with Crippen molar-refractivity contribution in [3.05, 3.63) is 49.0 Å². The van der Waals surface area contributed by atoms with Crippen LogP contribution in [-0.2, 0) is 12.7 Å². The minimum absolute atomic E-state index is 0.400. The van der Waals surface area contributed by atoms with Gasteiger partial charge in [0.15, 0.2) is 0 Å². The molecule has 0 fully saturated rings. The van der Waals surface area contributed by atoms with Crippen molar-refractivity contribution in [1.29, 1.82) is 0 Å². The number of hydrogen-bond acceptors (Lipinski definition) is 2. The number of thiophene rings is 1. The Hall–Kier alpha value is -0.530. The summed E-state index contributed by atoms with van der Waals surface area (Å²) in [6.45, 7) is 0.490. The number of benzene rings is 1. The van der Waals surface area contributed by atoms with E-state index in [1.165, 1.54) is 0 Å². The summed E-state index contributed by atoms with van der Waals surface area (Å²) in [6, 6.07) is 7.62. The highest BCUT2D eigenvalue weighted by atomic mass is 79.9. The second-order valence-corrected chi connectivity index (χ2v) is 7.25. The molecule has 1 heterocycles. The first-order valence-corrected chi connectivity index (χ1v) is 7.61. The van der Waals surface area contributed by atoms with Crippen LogP contribution in [0.5, 0.6) is 0 Å². The fourth-order valence-electron chi connectivity index (χ4n) is 1.49. The van der Waals surface area contributed by atoms with Gasteiger partial charge in [-0.15, -0.1) is 11.3 Å². The van der Waals surface area contributed by atoms with E-state index in [1.807, 2.05) is 12.1 Å². The minimum atomic E-state index is -4.34. The number of halogens is 5. The molecule has 0 aliphatic carbocycles. The zero-order chi connectivity index (χ0) is 14.0. The van der Waals surface area contributed by atoms with Crippen molar-refractivity contribution in [2.75, 3.05) is 5.32 Å². The van der Waals surface area contributed by atoms with E-state index in [1.54, 1.807) is 17.4 Å². The number of alkyl halides is 3. The summed E-state index contributed by atoms with van der Waals surface area (Å²) in [5.41, 5.74) is -0.233. The summed E-state index contributed by atoms with van der Waals surface area (Å²) in [5.74, 6) is 0. The van der Waals surface area contributed by atoms with Gasteiger partial charge in [-0.05, 0) is 46.3 Å². The van der Waals surface area contributed by atoms with Crippen molar-refractivity contribution in [2.24, 2.45) is 0 Å². The van der Waals surface area contributed by atoms with Crippen LogP contribution in [-0.4, -0.2) is 0 Å². The van der Waals surface area contributed by atoms with Crippen molar-refractivity contribution in [1.82, 2.24) is 0 Å². The summed E-state index contributed by atoms with van der Waals surface area (Å²) in [5, 5.41) is 2.99. The third-order valence-corrected chi connectivity index (χ3v) is 4.40. The third-order valence-electron chi connectivity index (χ3n) is 2.32. The number of nitrogens with one attached hydrogen (secondary N) is 1. The molecule has 0 amide bonds. The largest absolute Gasteiger partial charge is 0.416 e. The quantitative estimate of drug-likeness (QED) is 0.658. The molecule has 19 heavy (non-hydrogen) atoms. The Morgan fingerprint density at radius 1 is 1.11 bits per heavy atom. The van der Waals surface area contributed by atoms with Gasteiger partial charge in [0.2, 0.25) is 0 Å². The third kappa shape index (κ3) is 4.22. The van der Waals surface area contributed by atoms with Gasteiger partial charge in [0, 0.05) is 21.6 Å². The molecule has 0 aliphatic rings. The van der Waals surface area contributed by atoms with Crippen LogP contribution in [0.1, 0.15) is 10.4 Å². The highest BCUT2D eigenvalue weighted by molar-refractivity contribution is 9.11. The van der Waals surface area contributed by atoms with Crippen LogP contribution in [0.3, 0.4) is 0 Å². The first kappa shape index (κ1) is 14.9. The summed E-state index contributed by atoms with van der Waals surface area (Å²) in [7, 11) is 0. The molecule has 102 valence electrons. The molecular formula is C12H8Br2F3NS. The topological polar surface area (TPSA) is 12.0 Å². The first-order chi connectivity index (χ1) is 8.84. The Labute approximate surface area is 129 Å². The molecule has 0 saturated heterocycles. The van der Waals surface area contributed by atoms with Crippen molar-refractivity contribution in [2.45, 2.75) is 12.7 Å². The normalized spacial score (nSPS) is 11.6. The summed E-state index contributed by atoms with van der Waals surface area (Å²) in [6.07, 6.45) is -4.34. The molecule has 0 unspecified atom stereocenters. The first-order valence-electron chi connectivity index (χ1n) is 5.20. The molecule has 1 aromatic heterocycles. The van der Waals surface area contributed by atoms with Crippen molar-refractivity contribution < 1.29 is 13.2 Å². The average Bonchev–Trinajstić information content (AvgIpc) is 2.71. The lowest BCUT2D eigenvalue weighted by atomic mass is 10.2. The molecule has 0 aliphatic heterocycles. The maximum Gasteiger partial charge on any atom is 0.416 e. The Kier molecular flexibility index (Phi) is 4.58. The maximum atomic E-state index is 12.7. The molecule has 0 bridgehead atoms. The molecule has 2 aromatic rings. The van der Waals surface area contributed by atoms with E-state index < -0.39 is 11.7 Å². The molecule has 1 nitrogen and oxygen atoms in total. The molecular weight excluding hydrogens is 407 g/mol. The van der Waals surface area contributed by atoms with Gasteiger partial charge >= 0.3 is 6.18 Å². The van der Waals surface area contributed by atoms with E-state index in [0.717, 1.165) is 20.8 Å². The average molecular weight is 415 g/mol. The maximum absolute atomic E-state index is 12.7. The van der Waals surface area contributed by atoms with Crippen molar-refractivity contribution >= 4 is 48.9 Å². The van der Waals surface area contributed by atoms with Crippen LogP contribution < -0.4 is 5.32 Å². The number of rotatable bonds is 3. The highest BCUT2D eigenvalue weighted by Crippen LogP contribution is 2.33. The minimum Gasteiger partial charge on any atom is -0.380 e. The number of hydrogen-bond donors (Lipinski definition) is 1. The highest BCUT2D eigenvalue weighted by Gasteiger charge is 2.31. The van der Waals surface area contributed by atoms with E-state index in [0.29, 0.717) is 16.7 Å². The predicted molar refractivity (Wildman–Crippen MR) is 78.5 cm³/mol. The van der Waals surface area contributed by atoms with Gasteiger partial charge in [-0.25, -0.2) is 0 Å². The molecule has 1 aromatic carbocycles. The Morgan fingerprint density at radius 3 is 2.42 bits per heavy atom. The van der Waals surface area contributed by atoms with Gasteiger partial charge in [-0.2, -0.15) is 13.2 Å². The molecule has 0 radical (unpaired) electrons. The Bertz CT molecular complexity index is 581. The van der Waals surface area contributed by atoms with Crippen LogP contribution >= 0.6 is 43.2 Å². The second-order valence-electron chi connectivity index (χ2n) is 3.79. The molecule has 1 N–H and O–H groups in total. The van der Waals surface area contributed by atoms with Gasteiger partial charge in [0.1, 0.15) is 0 Å². The standard InChI is InChI=1S/C12H8Br2F3NS/c13-8-3-7(12(15,16)17)4-9(5-8)18-6-10-1-2-11(14)19-10/h1-5,18H,6H2. The predicted octanol–water partition coefficient (Wildman–Crippen LogP) is 5.90. The van der Waals surface area contributed by atoms with Crippen LogP contribution in [0.25, 0.3) is 0 Å². The van der Waals surface area contributed by atoms with Gasteiger partial charge in [-0.1, -0.05) is 15.9 Å². The zero-order valence-corrected chi connectivity index (χ0v) is 13.4. The summed E-state index contributed by atoms with van der Waals surface area (Å²) >= 11 is 7.97. The summed E-state index contributed by atoms with van der Waals surface area (Å²) < 4.78 is 39.4. The van der Waals surface area contributed by atoms with E-state index in [9.17, 15) is 13.2 Å². The summed E-state index contributed by atoms with van der Waals surface area (Å²) in [4.78, 5) is 1.04. The molecule has 0 saturated carbocycles. The van der Waals surface area contributed by atoms with Crippen LogP contribution in [0.15, 0.2) is 38.6 Å². The monoisotopic (exact) mass is 413 g/mol. The lowest BCUT2D eigenvalue weighted by Crippen LogP contribution is -2.06. The fourth-order valence-corrected chi connectivity index (χ4v) is 3.41. The molecule has 0 spiro atoms. The molecule has 7 heteroatoms. The SMILES string of the molecule is FC(F)(F)c1cc(Br)cc(NCc2ccc(Br)s2)c1. The van der Waals surface area contributed by atoms with Crippen LogP contribution in [0.4, 0.5) is 18.9 Å². The van der Waals surface area contributed by atoms with E-state index in [-0.39, 0.29) is 0 Å². The van der Waals surface area contributed by atoms with Crippen LogP contribution in [0.2, 0.25) is 0 Å². The molecule has 0 atom stereocenters. The fraction of sp³-hybridized carbons (Fsp3) is 0.167. The lowest BCUT2D eigenvalue weighted by molar-refractivity contribution is -0.137. The van der Waals surface area contributed by atoms with Gasteiger partial charge in [0.05, 0.1) is 9.35 Å². The Morgan fingerprint density at radius 2 is 1.84 bits per heavy atom. The zero-order valence-electron chi connectivity index (χ0n) is 9.39. The van der Waals surface area contributed by atoms with Gasteiger partial charge < -0.3 is 5.32 Å². The van der Waals surface area contributed by atoms with E-state index in [2.05, 4.69) is 37.2 Å². The number of anilines is 1. The van der Waals surface area contributed by atoms with Gasteiger partial charge in [-0.3, -0.25) is 0 Å².